The monoisotopic (exact) mass is 285 g/mol. The molecule has 0 spiro atoms. The molecule has 0 atom stereocenters. The normalized spacial score (nSPS) is 9.95. The molecule has 5 nitrogen and oxygen atoms in total. The highest BCUT2D eigenvalue weighted by atomic mass is 16.5. The maximum atomic E-state index is 11.1. The number of primary amides is 1. The number of carbonyl (C=O) groups excluding carboxylic acids is 2. The fourth-order valence-corrected chi connectivity index (χ4v) is 1.85. The zero-order chi connectivity index (χ0) is 15.2. The van der Waals surface area contributed by atoms with Gasteiger partial charge in [-0.25, -0.2) is 0 Å². The molecule has 0 heterocycles. The summed E-state index contributed by atoms with van der Waals surface area (Å²) in [5, 5.41) is 0. The Morgan fingerprint density at radius 3 is 2.67 bits per heavy atom. The number of nitrogens with two attached hydrogens (primary N) is 1. The number of hydrogen-bond acceptors (Lipinski definition) is 4. The molecule has 0 aromatic heterocycles. The molecule has 0 aliphatic heterocycles. The number of hydrogen-bond donors (Lipinski definition) is 1. The summed E-state index contributed by atoms with van der Waals surface area (Å²) in [5.41, 5.74) is 6.99. The van der Waals surface area contributed by atoms with Crippen molar-refractivity contribution in [1.29, 1.82) is 0 Å². The smallest absolute Gasteiger partial charge is 0.248 e. The Bertz CT molecular complexity index is 667. The fourth-order valence-electron chi connectivity index (χ4n) is 1.85. The number of benzene rings is 2. The molecule has 0 aliphatic rings. The molecule has 0 fully saturated rings. The standard InChI is InChI=1S/C16H15NO4/c1-20-15-8-11(9-18)5-6-14(15)21-10-12-3-2-4-13(7-12)16(17)19/h2-9H,10H2,1H3,(H2,17,19). The fraction of sp³-hybridized carbons (Fsp3) is 0.125. The summed E-state index contributed by atoms with van der Waals surface area (Å²) in [7, 11) is 1.50. The Kier molecular flexibility index (Phi) is 4.56. The third-order valence-corrected chi connectivity index (χ3v) is 2.93. The van der Waals surface area contributed by atoms with Crippen LogP contribution < -0.4 is 15.2 Å². The largest absolute Gasteiger partial charge is 0.493 e. The first-order valence-electron chi connectivity index (χ1n) is 6.29. The third kappa shape index (κ3) is 3.60. The molecule has 0 radical (unpaired) electrons. The Balaban J connectivity index is 2.14. The molecule has 1 amide bonds. The molecule has 2 aromatic carbocycles. The van der Waals surface area contributed by atoms with Crippen LogP contribution in [-0.2, 0) is 6.61 Å². The molecular weight excluding hydrogens is 270 g/mol. The Hall–Kier alpha value is -2.82. The van der Waals surface area contributed by atoms with Gasteiger partial charge in [-0.2, -0.15) is 0 Å². The van der Waals surface area contributed by atoms with Crippen LogP contribution in [0.5, 0.6) is 11.5 Å². The predicted octanol–water partition coefficient (Wildman–Crippen LogP) is 2.19. The van der Waals surface area contributed by atoms with Crippen molar-refractivity contribution in [2.24, 2.45) is 5.73 Å². The van der Waals surface area contributed by atoms with Crippen LogP contribution in [0.2, 0.25) is 0 Å². The summed E-state index contributed by atoms with van der Waals surface area (Å²) in [6, 6.07) is 11.8. The summed E-state index contributed by atoms with van der Waals surface area (Å²) in [6.07, 6.45) is 0.739. The first-order valence-corrected chi connectivity index (χ1v) is 6.29. The lowest BCUT2D eigenvalue weighted by molar-refractivity contribution is 0.0999. The number of rotatable bonds is 6. The second kappa shape index (κ2) is 6.56. The van der Waals surface area contributed by atoms with E-state index in [9.17, 15) is 9.59 Å². The van der Waals surface area contributed by atoms with Crippen molar-refractivity contribution < 1.29 is 19.1 Å². The average molecular weight is 285 g/mol. The van der Waals surface area contributed by atoms with Crippen LogP contribution in [0.4, 0.5) is 0 Å². The average Bonchev–Trinajstić information content (AvgIpc) is 2.53. The van der Waals surface area contributed by atoms with E-state index in [0.29, 0.717) is 22.6 Å². The number of methoxy groups -OCH3 is 1. The van der Waals surface area contributed by atoms with Crippen LogP contribution in [0.1, 0.15) is 26.3 Å². The molecular formula is C16H15NO4. The van der Waals surface area contributed by atoms with Crippen molar-refractivity contribution in [1.82, 2.24) is 0 Å². The van der Waals surface area contributed by atoms with E-state index < -0.39 is 5.91 Å². The Morgan fingerprint density at radius 1 is 1.19 bits per heavy atom. The Labute approximate surface area is 122 Å². The minimum absolute atomic E-state index is 0.262. The number of ether oxygens (including phenoxy) is 2. The van der Waals surface area contributed by atoms with E-state index in [1.54, 1.807) is 36.4 Å². The van der Waals surface area contributed by atoms with E-state index in [-0.39, 0.29) is 6.61 Å². The highest BCUT2D eigenvalue weighted by Crippen LogP contribution is 2.28. The minimum Gasteiger partial charge on any atom is -0.493 e. The summed E-state index contributed by atoms with van der Waals surface area (Å²) < 4.78 is 10.8. The van der Waals surface area contributed by atoms with Crippen molar-refractivity contribution in [3.8, 4) is 11.5 Å². The van der Waals surface area contributed by atoms with E-state index in [2.05, 4.69) is 0 Å². The minimum atomic E-state index is -0.482. The number of aldehydes is 1. The molecule has 21 heavy (non-hydrogen) atoms. The van der Waals surface area contributed by atoms with Crippen molar-refractivity contribution in [2.45, 2.75) is 6.61 Å². The highest BCUT2D eigenvalue weighted by Gasteiger charge is 2.07. The van der Waals surface area contributed by atoms with E-state index in [4.69, 9.17) is 15.2 Å². The molecule has 108 valence electrons. The SMILES string of the molecule is COc1cc(C=O)ccc1OCc1cccc(C(N)=O)c1. The van der Waals surface area contributed by atoms with Gasteiger partial charge in [0.25, 0.3) is 0 Å². The van der Waals surface area contributed by atoms with Crippen molar-refractivity contribution >= 4 is 12.2 Å². The van der Waals surface area contributed by atoms with Crippen molar-refractivity contribution in [3.63, 3.8) is 0 Å². The molecule has 5 heteroatoms. The van der Waals surface area contributed by atoms with Gasteiger partial charge in [0.05, 0.1) is 7.11 Å². The second-order valence-corrected chi connectivity index (χ2v) is 4.38. The van der Waals surface area contributed by atoms with Gasteiger partial charge in [-0.15, -0.1) is 0 Å². The van der Waals surface area contributed by atoms with Crippen LogP contribution >= 0.6 is 0 Å². The van der Waals surface area contributed by atoms with Crippen LogP contribution in [0.15, 0.2) is 42.5 Å². The van der Waals surface area contributed by atoms with Crippen LogP contribution in [0.3, 0.4) is 0 Å². The van der Waals surface area contributed by atoms with Gasteiger partial charge in [-0.3, -0.25) is 9.59 Å². The lowest BCUT2D eigenvalue weighted by Crippen LogP contribution is -2.11. The zero-order valence-electron chi connectivity index (χ0n) is 11.5. The molecule has 2 rings (SSSR count). The quantitative estimate of drug-likeness (QED) is 0.825. The van der Waals surface area contributed by atoms with Gasteiger partial charge in [-0.05, 0) is 35.9 Å². The summed E-state index contributed by atoms with van der Waals surface area (Å²) in [6.45, 7) is 0.262. The lowest BCUT2D eigenvalue weighted by atomic mass is 10.1. The number of amides is 1. The highest BCUT2D eigenvalue weighted by molar-refractivity contribution is 5.92. The molecule has 0 saturated heterocycles. The van der Waals surface area contributed by atoms with E-state index in [0.717, 1.165) is 11.8 Å². The van der Waals surface area contributed by atoms with Gasteiger partial charge in [0.2, 0.25) is 5.91 Å². The maximum absolute atomic E-state index is 11.1. The molecule has 0 saturated carbocycles. The summed E-state index contributed by atoms with van der Waals surface area (Å²) in [5.74, 6) is 0.517. The first-order chi connectivity index (χ1) is 10.1. The van der Waals surface area contributed by atoms with Gasteiger partial charge in [0, 0.05) is 11.1 Å². The lowest BCUT2D eigenvalue weighted by Gasteiger charge is -2.11. The van der Waals surface area contributed by atoms with Crippen molar-refractivity contribution in [2.75, 3.05) is 7.11 Å². The third-order valence-electron chi connectivity index (χ3n) is 2.93. The van der Waals surface area contributed by atoms with E-state index in [1.165, 1.54) is 7.11 Å². The van der Waals surface area contributed by atoms with Crippen molar-refractivity contribution in [3.05, 3.63) is 59.2 Å². The van der Waals surface area contributed by atoms with Crippen LogP contribution in [0, 0.1) is 0 Å². The molecule has 0 bridgehead atoms. The van der Waals surface area contributed by atoms with Gasteiger partial charge in [0.1, 0.15) is 12.9 Å². The van der Waals surface area contributed by atoms with Gasteiger partial charge >= 0.3 is 0 Å². The van der Waals surface area contributed by atoms with Gasteiger partial charge in [0.15, 0.2) is 11.5 Å². The summed E-state index contributed by atoms with van der Waals surface area (Å²) >= 11 is 0. The topological polar surface area (TPSA) is 78.6 Å². The predicted molar refractivity (Wildman–Crippen MR) is 77.7 cm³/mol. The van der Waals surface area contributed by atoms with Crippen LogP contribution in [-0.4, -0.2) is 19.3 Å². The van der Waals surface area contributed by atoms with E-state index in [1.807, 2.05) is 6.07 Å². The molecule has 2 aromatic rings. The van der Waals surface area contributed by atoms with E-state index >= 15 is 0 Å². The maximum Gasteiger partial charge on any atom is 0.248 e. The summed E-state index contributed by atoms with van der Waals surface area (Å²) in [4.78, 5) is 21.9. The molecule has 0 aliphatic carbocycles. The van der Waals surface area contributed by atoms with Gasteiger partial charge < -0.3 is 15.2 Å². The number of carbonyl (C=O) groups is 2. The zero-order valence-corrected chi connectivity index (χ0v) is 11.5. The second-order valence-electron chi connectivity index (χ2n) is 4.38. The van der Waals surface area contributed by atoms with Gasteiger partial charge in [-0.1, -0.05) is 12.1 Å². The first kappa shape index (κ1) is 14.6. The molecule has 0 unspecified atom stereocenters. The Morgan fingerprint density at radius 2 is 2.00 bits per heavy atom. The molecule has 2 N–H and O–H groups in total. The van der Waals surface area contributed by atoms with Crippen LogP contribution in [0.25, 0.3) is 0 Å².